The van der Waals surface area contributed by atoms with E-state index in [4.69, 9.17) is 14.0 Å². The molecule has 0 aliphatic heterocycles. The Morgan fingerprint density at radius 3 is 1.04 bits per heavy atom. The quantitative estimate of drug-likeness (QED) is 0.491. The summed E-state index contributed by atoms with van der Waals surface area (Å²) in [7, 11) is -0.901. The third kappa shape index (κ3) is 4.89. The maximum Gasteiger partial charge on any atom is 0.864 e. The molecule has 0 bridgehead atoms. The van der Waals surface area contributed by atoms with Crippen LogP contribution in [0.5, 0.6) is 17.2 Å². The standard InChI is InChI=1S/C24H27BO3/c1-16-7-10-19(4)22(13-16)26-25(27-23-14-17(2)8-11-20(23)5)28-24-15-18(3)9-12-21(24)6/h7-15H,1-6H3. The molecule has 3 aromatic rings. The molecule has 0 saturated heterocycles. The highest BCUT2D eigenvalue weighted by atomic mass is 16.7. The average molecular weight is 374 g/mol. The summed E-state index contributed by atoms with van der Waals surface area (Å²) >= 11 is 0. The molecular weight excluding hydrogens is 347 g/mol. The van der Waals surface area contributed by atoms with E-state index < -0.39 is 7.32 Å². The fraction of sp³-hybridized carbons (Fsp3) is 0.250. The van der Waals surface area contributed by atoms with Crippen LogP contribution in [0.4, 0.5) is 0 Å². The van der Waals surface area contributed by atoms with Crippen molar-refractivity contribution >= 4 is 7.32 Å². The molecule has 4 heteroatoms. The molecule has 0 amide bonds. The Kier molecular flexibility index (Phi) is 5.98. The van der Waals surface area contributed by atoms with Crippen LogP contribution in [-0.4, -0.2) is 7.32 Å². The van der Waals surface area contributed by atoms with Crippen molar-refractivity contribution in [2.75, 3.05) is 0 Å². The second-order valence-corrected chi connectivity index (χ2v) is 7.45. The lowest BCUT2D eigenvalue weighted by Gasteiger charge is -2.20. The van der Waals surface area contributed by atoms with Crippen LogP contribution >= 0.6 is 0 Å². The van der Waals surface area contributed by atoms with Crippen LogP contribution in [0, 0.1) is 41.5 Å². The first-order valence-electron chi connectivity index (χ1n) is 9.53. The Hall–Kier alpha value is -2.88. The first-order chi connectivity index (χ1) is 13.3. The van der Waals surface area contributed by atoms with Crippen LogP contribution in [0.1, 0.15) is 33.4 Å². The van der Waals surface area contributed by atoms with E-state index in [0.29, 0.717) is 0 Å². The minimum atomic E-state index is -0.901. The fourth-order valence-electron chi connectivity index (χ4n) is 2.89. The molecule has 0 N–H and O–H groups in total. The van der Waals surface area contributed by atoms with Gasteiger partial charge >= 0.3 is 7.32 Å². The number of benzene rings is 3. The normalized spacial score (nSPS) is 10.5. The zero-order valence-electron chi connectivity index (χ0n) is 17.5. The molecule has 3 rings (SSSR count). The summed E-state index contributed by atoms with van der Waals surface area (Å²) in [5, 5.41) is 0. The van der Waals surface area contributed by atoms with Gasteiger partial charge in [0.1, 0.15) is 17.2 Å². The van der Waals surface area contributed by atoms with Gasteiger partial charge in [-0.1, -0.05) is 36.4 Å². The SMILES string of the molecule is Cc1ccc(C)c(OB(Oc2cc(C)ccc2C)Oc2cc(C)ccc2C)c1. The van der Waals surface area contributed by atoms with Crippen LogP contribution < -0.4 is 14.0 Å². The lowest BCUT2D eigenvalue weighted by molar-refractivity contribution is 0.304. The predicted octanol–water partition coefficient (Wildman–Crippen LogP) is 6.06. The Balaban J connectivity index is 1.94. The van der Waals surface area contributed by atoms with E-state index in [1.807, 2.05) is 77.9 Å². The fourth-order valence-corrected chi connectivity index (χ4v) is 2.89. The maximum atomic E-state index is 6.18. The topological polar surface area (TPSA) is 27.7 Å². The van der Waals surface area contributed by atoms with Crippen molar-refractivity contribution in [2.24, 2.45) is 0 Å². The molecule has 3 aromatic carbocycles. The van der Waals surface area contributed by atoms with Crippen molar-refractivity contribution in [2.45, 2.75) is 41.5 Å². The molecule has 0 radical (unpaired) electrons. The summed E-state index contributed by atoms with van der Waals surface area (Å²) in [6.45, 7) is 12.2. The van der Waals surface area contributed by atoms with Gasteiger partial charge in [-0.25, -0.2) is 0 Å². The Bertz CT molecular complexity index is 854. The summed E-state index contributed by atoms with van der Waals surface area (Å²) in [6.07, 6.45) is 0. The van der Waals surface area contributed by atoms with E-state index in [1.165, 1.54) is 0 Å². The van der Waals surface area contributed by atoms with Crippen LogP contribution in [0.2, 0.25) is 0 Å². The highest BCUT2D eigenvalue weighted by molar-refractivity contribution is 6.39. The van der Waals surface area contributed by atoms with Crippen molar-refractivity contribution in [1.82, 2.24) is 0 Å². The van der Waals surface area contributed by atoms with E-state index in [-0.39, 0.29) is 0 Å². The summed E-state index contributed by atoms with van der Waals surface area (Å²) in [4.78, 5) is 0. The van der Waals surface area contributed by atoms with Crippen LogP contribution in [0.25, 0.3) is 0 Å². The summed E-state index contributed by atoms with van der Waals surface area (Å²) in [5.41, 5.74) is 6.47. The molecule has 0 fully saturated rings. The van der Waals surface area contributed by atoms with Crippen LogP contribution in [-0.2, 0) is 0 Å². The zero-order chi connectivity index (χ0) is 20.3. The van der Waals surface area contributed by atoms with E-state index in [1.54, 1.807) is 0 Å². The van der Waals surface area contributed by atoms with Gasteiger partial charge in [-0.05, 0) is 93.1 Å². The first kappa shape index (κ1) is 19.9. The van der Waals surface area contributed by atoms with Gasteiger partial charge in [-0.15, -0.1) is 0 Å². The molecule has 0 aliphatic carbocycles. The number of hydrogen-bond acceptors (Lipinski definition) is 3. The lowest BCUT2D eigenvalue weighted by Crippen LogP contribution is -2.37. The van der Waals surface area contributed by atoms with E-state index in [9.17, 15) is 0 Å². The monoisotopic (exact) mass is 374 g/mol. The zero-order valence-corrected chi connectivity index (χ0v) is 17.5. The molecular formula is C24H27BO3. The van der Waals surface area contributed by atoms with E-state index >= 15 is 0 Å². The van der Waals surface area contributed by atoms with Crippen molar-refractivity contribution in [3.63, 3.8) is 0 Å². The minimum Gasteiger partial charge on any atom is -0.489 e. The average Bonchev–Trinajstić information content (AvgIpc) is 2.64. The Morgan fingerprint density at radius 1 is 0.464 bits per heavy atom. The second-order valence-electron chi connectivity index (χ2n) is 7.45. The number of hydrogen-bond donors (Lipinski definition) is 0. The van der Waals surface area contributed by atoms with Crippen molar-refractivity contribution in [3.8, 4) is 17.2 Å². The molecule has 0 heterocycles. The molecule has 0 aromatic heterocycles. The third-order valence-corrected chi connectivity index (χ3v) is 4.70. The lowest BCUT2D eigenvalue weighted by atomic mass is 10.1. The van der Waals surface area contributed by atoms with Crippen LogP contribution in [0.15, 0.2) is 54.6 Å². The molecule has 0 spiro atoms. The van der Waals surface area contributed by atoms with Crippen molar-refractivity contribution in [1.29, 1.82) is 0 Å². The molecule has 0 unspecified atom stereocenters. The number of rotatable bonds is 6. The third-order valence-electron chi connectivity index (χ3n) is 4.70. The summed E-state index contributed by atoms with van der Waals surface area (Å²) in [5.74, 6) is 2.25. The Morgan fingerprint density at radius 2 is 0.750 bits per heavy atom. The van der Waals surface area contributed by atoms with Gasteiger partial charge in [0.15, 0.2) is 0 Å². The predicted molar refractivity (Wildman–Crippen MR) is 115 cm³/mol. The molecule has 0 saturated carbocycles. The highest BCUT2D eigenvalue weighted by Crippen LogP contribution is 2.26. The smallest absolute Gasteiger partial charge is 0.489 e. The van der Waals surface area contributed by atoms with Gasteiger partial charge in [0.2, 0.25) is 0 Å². The largest absolute Gasteiger partial charge is 0.864 e. The molecule has 144 valence electrons. The first-order valence-corrected chi connectivity index (χ1v) is 9.53. The molecule has 3 nitrogen and oxygen atoms in total. The van der Waals surface area contributed by atoms with Crippen molar-refractivity contribution in [3.05, 3.63) is 88.0 Å². The molecule has 28 heavy (non-hydrogen) atoms. The minimum absolute atomic E-state index is 0.751. The number of aryl methyl sites for hydroxylation is 6. The summed E-state index contributed by atoms with van der Waals surface area (Å²) < 4.78 is 18.5. The van der Waals surface area contributed by atoms with Gasteiger partial charge in [-0.3, -0.25) is 0 Å². The van der Waals surface area contributed by atoms with Gasteiger partial charge in [0, 0.05) is 0 Å². The maximum absolute atomic E-state index is 6.18. The Labute approximate surface area is 168 Å². The van der Waals surface area contributed by atoms with Gasteiger partial charge in [0.05, 0.1) is 0 Å². The van der Waals surface area contributed by atoms with Gasteiger partial charge in [0.25, 0.3) is 0 Å². The van der Waals surface area contributed by atoms with E-state index in [2.05, 4.69) is 18.2 Å². The van der Waals surface area contributed by atoms with Gasteiger partial charge < -0.3 is 14.0 Å². The summed E-state index contributed by atoms with van der Waals surface area (Å²) in [6, 6.07) is 18.3. The second kappa shape index (κ2) is 8.43. The molecule has 0 aliphatic rings. The molecule has 0 atom stereocenters. The highest BCUT2D eigenvalue weighted by Gasteiger charge is 2.32. The van der Waals surface area contributed by atoms with Gasteiger partial charge in [-0.2, -0.15) is 0 Å². The van der Waals surface area contributed by atoms with Crippen LogP contribution in [0.3, 0.4) is 0 Å². The van der Waals surface area contributed by atoms with Crippen molar-refractivity contribution < 1.29 is 14.0 Å². The van der Waals surface area contributed by atoms with E-state index in [0.717, 1.165) is 50.6 Å².